The minimum absolute atomic E-state index is 0.233. The molecule has 2 fully saturated rings. The number of rotatable bonds is 4. The molecule has 1 saturated heterocycles. The molecule has 2 aromatic heterocycles. The van der Waals surface area contributed by atoms with Gasteiger partial charge in [0.05, 0.1) is 10.5 Å². The molecule has 1 aliphatic heterocycles. The number of anilines is 1. The number of fused-ring (bicyclic) bond motifs is 1. The van der Waals surface area contributed by atoms with E-state index < -0.39 is 9.84 Å². The van der Waals surface area contributed by atoms with Gasteiger partial charge in [-0.05, 0) is 73.0 Å². The molecule has 0 spiro atoms. The lowest BCUT2D eigenvalue weighted by Crippen LogP contribution is -2.42. The summed E-state index contributed by atoms with van der Waals surface area (Å²) in [7, 11) is -3.03. The second-order valence-corrected chi connectivity index (χ2v) is 11.0. The molecule has 4 rings (SSSR count). The predicted molar refractivity (Wildman–Crippen MR) is 102 cm³/mol. The molecule has 1 saturated carbocycles. The van der Waals surface area contributed by atoms with Crippen LogP contribution in [0, 0.1) is 0 Å². The molecule has 1 aliphatic carbocycles. The normalized spacial score (nSPS) is 19.9. The van der Waals surface area contributed by atoms with Crippen molar-refractivity contribution in [3.63, 3.8) is 0 Å². The number of hydrogen-bond donors (Lipinski definition) is 0. The summed E-state index contributed by atoms with van der Waals surface area (Å²) in [5, 5.41) is 3.84. The predicted octanol–water partition coefficient (Wildman–Crippen LogP) is 3.16. The van der Waals surface area contributed by atoms with Crippen LogP contribution >= 0.6 is 15.9 Å². The van der Waals surface area contributed by atoms with Crippen LogP contribution in [0.15, 0.2) is 17.0 Å². The van der Waals surface area contributed by atoms with Crippen molar-refractivity contribution in [3.05, 3.63) is 22.6 Å². The van der Waals surface area contributed by atoms with Crippen LogP contribution in [0.3, 0.4) is 0 Å². The Labute approximate surface area is 156 Å². The van der Waals surface area contributed by atoms with Gasteiger partial charge in [0.2, 0.25) is 0 Å². The van der Waals surface area contributed by atoms with E-state index in [1.807, 2.05) is 4.52 Å². The fourth-order valence-electron chi connectivity index (χ4n) is 3.73. The lowest BCUT2D eigenvalue weighted by Gasteiger charge is -2.33. The van der Waals surface area contributed by atoms with Gasteiger partial charge in [0, 0.05) is 13.1 Å². The summed E-state index contributed by atoms with van der Waals surface area (Å²) in [6, 6.07) is 2.15. The van der Waals surface area contributed by atoms with Crippen molar-refractivity contribution in [2.45, 2.75) is 55.9 Å². The fraction of sp³-hybridized carbons (Fsp3) is 0.647. The summed E-state index contributed by atoms with van der Waals surface area (Å²) < 4.78 is 27.7. The van der Waals surface area contributed by atoms with Crippen molar-refractivity contribution in [3.8, 4) is 0 Å². The molecule has 8 heteroatoms. The van der Waals surface area contributed by atoms with Crippen LogP contribution < -0.4 is 4.90 Å². The molecule has 0 unspecified atom stereocenters. The molecule has 0 bridgehead atoms. The molecular formula is C17H23BrN4O2S. The maximum Gasteiger partial charge on any atom is 0.156 e. The number of hydrogen-bond acceptors (Lipinski definition) is 5. The Balaban J connectivity index is 1.64. The van der Waals surface area contributed by atoms with Crippen LogP contribution in [0.1, 0.15) is 51.0 Å². The highest BCUT2D eigenvalue weighted by atomic mass is 79.9. The minimum Gasteiger partial charge on any atom is -0.355 e. The zero-order chi connectivity index (χ0) is 17.8. The molecule has 0 amide bonds. The molecule has 2 aliphatic rings. The number of sulfone groups is 1. The van der Waals surface area contributed by atoms with Gasteiger partial charge in [-0.25, -0.2) is 17.9 Å². The Hall–Kier alpha value is -1.15. The third-order valence-electron chi connectivity index (χ3n) is 5.40. The van der Waals surface area contributed by atoms with Crippen molar-refractivity contribution >= 4 is 37.1 Å². The SMILES string of the molecule is CC(C)S(=O)(=O)C1CCN(c2ncnn3c(Br)cc(C4CC4)c23)CC1. The van der Waals surface area contributed by atoms with Gasteiger partial charge in [-0.2, -0.15) is 5.10 Å². The van der Waals surface area contributed by atoms with Gasteiger partial charge < -0.3 is 4.90 Å². The monoisotopic (exact) mass is 426 g/mol. The second kappa shape index (κ2) is 6.23. The molecule has 0 N–H and O–H groups in total. The average Bonchev–Trinajstić information content (AvgIpc) is 3.39. The fourth-order valence-corrected chi connectivity index (χ4v) is 5.89. The molecule has 0 atom stereocenters. The number of piperidine rings is 1. The summed E-state index contributed by atoms with van der Waals surface area (Å²) in [5.74, 6) is 1.54. The zero-order valence-electron chi connectivity index (χ0n) is 14.5. The lowest BCUT2D eigenvalue weighted by molar-refractivity contribution is 0.522. The van der Waals surface area contributed by atoms with E-state index in [2.05, 4.69) is 37.0 Å². The smallest absolute Gasteiger partial charge is 0.156 e. The Kier molecular flexibility index (Phi) is 4.30. The lowest BCUT2D eigenvalue weighted by atomic mass is 10.1. The second-order valence-electron chi connectivity index (χ2n) is 7.36. The van der Waals surface area contributed by atoms with Gasteiger partial charge in [-0.1, -0.05) is 0 Å². The molecule has 0 radical (unpaired) electrons. The van der Waals surface area contributed by atoms with E-state index in [0.717, 1.165) is 29.0 Å². The highest BCUT2D eigenvalue weighted by molar-refractivity contribution is 9.10. The van der Waals surface area contributed by atoms with Crippen LogP contribution in [-0.4, -0.2) is 46.6 Å². The van der Waals surface area contributed by atoms with Gasteiger partial charge in [-0.15, -0.1) is 0 Å². The van der Waals surface area contributed by atoms with E-state index in [-0.39, 0.29) is 10.5 Å². The van der Waals surface area contributed by atoms with Gasteiger partial charge >= 0.3 is 0 Å². The minimum atomic E-state index is -3.03. The van der Waals surface area contributed by atoms with E-state index in [4.69, 9.17) is 0 Å². The third-order valence-corrected chi connectivity index (χ3v) is 8.68. The number of aromatic nitrogens is 3. The summed E-state index contributed by atoms with van der Waals surface area (Å²) in [6.07, 6.45) is 5.35. The first kappa shape index (κ1) is 17.3. The van der Waals surface area contributed by atoms with Crippen molar-refractivity contribution in [2.24, 2.45) is 0 Å². The van der Waals surface area contributed by atoms with Crippen molar-refractivity contribution in [1.29, 1.82) is 0 Å². The molecular weight excluding hydrogens is 404 g/mol. The molecule has 136 valence electrons. The highest BCUT2D eigenvalue weighted by Crippen LogP contribution is 2.45. The topological polar surface area (TPSA) is 67.6 Å². The Bertz CT molecular complexity index is 897. The molecule has 2 aromatic rings. The third kappa shape index (κ3) is 2.97. The molecule has 0 aromatic carbocycles. The van der Waals surface area contributed by atoms with E-state index >= 15 is 0 Å². The van der Waals surface area contributed by atoms with Crippen molar-refractivity contribution in [2.75, 3.05) is 18.0 Å². The maximum absolute atomic E-state index is 12.4. The highest BCUT2D eigenvalue weighted by Gasteiger charge is 2.34. The quantitative estimate of drug-likeness (QED) is 0.750. The van der Waals surface area contributed by atoms with Crippen LogP contribution in [0.5, 0.6) is 0 Å². The van der Waals surface area contributed by atoms with E-state index in [9.17, 15) is 8.42 Å². The van der Waals surface area contributed by atoms with E-state index in [1.165, 1.54) is 18.4 Å². The first-order valence-electron chi connectivity index (χ1n) is 8.89. The average molecular weight is 427 g/mol. The number of halogens is 1. The van der Waals surface area contributed by atoms with Crippen LogP contribution in [0.4, 0.5) is 5.82 Å². The van der Waals surface area contributed by atoms with Gasteiger partial charge in [0.15, 0.2) is 15.7 Å². The maximum atomic E-state index is 12.4. The zero-order valence-corrected chi connectivity index (χ0v) is 16.9. The first-order chi connectivity index (χ1) is 11.9. The Morgan fingerprint density at radius 3 is 2.48 bits per heavy atom. The van der Waals surface area contributed by atoms with Gasteiger partial charge in [0.1, 0.15) is 16.4 Å². The molecule has 3 heterocycles. The summed E-state index contributed by atoms with van der Waals surface area (Å²) in [6.45, 7) is 4.98. The van der Waals surface area contributed by atoms with Crippen molar-refractivity contribution < 1.29 is 8.42 Å². The van der Waals surface area contributed by atoms with Crippen LogP contribution in [0.2, 0.25) is 0 Å². The van der Waals surface area contributed by atoms with Gasteiger partial charge in [-0.3, -0.25) is 0 Å². The first-order valence-corrected chi connectivity index (χ1v) is 11.3. The summed E-state index contributed by atoms with van der Waals surface area (Å²) in [4.78, 5) is 6.78. The standard InChI is InChI=1S/C17H23BrN4O2S/c1-11(2)25(23,24)13-5-7-21(8-6-13)17-16-14(12-3-4-12)9-15(18)22(16)20-10-19-17/h9-13H,3-8H2,1-2H3. The van der Waals surface area contributed by atoms with E-state index in [0.29, 0.717) is 18.8 Å². The van der Waals surface area contributed by atoms with Crippen LogP contribution in [-0.2, 0) is 9.84 Å². The largest absolute Gasteiger partial charge is 0.355 e. The Morgan fingerprint density at radius 1 is 1.20 bits per heavy atom. The summed E-state index contributed by atoms with van der Waals surface area (Å²) in [5.41, 5.74) is 2.38. The molecule has 25 heavy (non-hydrogen) atoms. The molecule has 6 nitrogen and oxygen atoms in total. The summed E-state index contributed by atoms with van der Waals surface area (Å²) >= 11 is 3.60. The Morgan fingerprint density at radius 2 is 1.88 bits per heavy atom. The van der Waals surface area contributed by atoms with Crippen molar-refractivity contribution in [1.82, 2.24) is 14.6 Å². The number of nitrogens with zero attached hydrogens (tertiary/aromatic N) is 4. The van der Waals surface area contributed by atoms with Gasteiger partial charge in [0.25, 0.3) is 0 Å². The van der Waals surface area contributed by atoms with E-state index in [1.54, 1.807) is 20.2 Å². The van der Waals surface area contributed by atoms with Crippen LogP contribution in [0.25, 0.3) is 5.52 Å².